The van der Waals surface area contributed by atoms with Gasteiger partial charge in [0.15, 0.2) is 5.78 Å². The van der Waals surface area contributed by atoms with Crippen molar-refractivity contribution in [2.45, 2.75) is 24.0 Å². The molecule has 1 aliphatic heterocycles. The van der Waals surface area contributed by atoms with E-state index < -0.39 is 15.9 Å². The lowest BCUT2D eigenvalue weighted by Crippen LogP contribution is -2.43. The molecule has 1 N–H and O–H groups in total. The molecular formula is C18H19ClN2O4S2. The monoisotopic (exact) mass is 426 g/mol. The van der Waals surface area contributed by atoms with Gasteiger partial charge in [0.25, 0.3) is 10.0 Å². The first-order chi connectivity index (χ1) is 12.8. The van der Waals surface area contributed by atoms with Gasteiger partial charge in [-0.3, -0.25) is 9.59 Å². The molecule has 1 fully saturated rings. The number of Topliss-reactive ketones (excluding diaryl/α,β-unsaturated/α-hetero) is 1. The number of anilines is 1. The van der Waals surface area contributed by atoms with Crippen LogP contribution in [0.5, 0.6) is 0 Å². The predicted molar refractivity (Wildman–Crippen MR) is 106 cm³/mol. The minimum absolute atomic E-state index is 0.0874. The average Bonchev–Trinajstić information content (AvgIpc) is 3.09. The molecule has 2 heterocycles. The lowest BCUT2D eigenvalue weighted by Gasteiger charge is -2.30. The van der Waals surface area contributed by atoms with E-state index in [-0.39, 0.29) is 22.4 Å². The van der Waals surface area contributed by atoms with Crippen molar-refractivity contribution in [3.05, 3.63) is 46.3 Å². The number of carbonyl (C=O) groups excluding carboxylic acids is 2. The van der Waals surface area contributed by atoms with Crippen LogP contribution >= 0.6 is 22.9 Å². The molecule has 1 aliphatic rings. The Balaban J connectivity index is 1.71. The van der Waals surface area contributed by atoms with Crippen LogP contribution in [0.1, 0.15) is 30.1 Å². The molecule has 1 amide bonds. The topological polar surface area (TPSA) is 83.6 Å². The first-order valence-corrected chi connectivity index (χ1v) is 11.1. The van der Waals surface area contributed by atoms with Crippen LogP contribution in [-0.2, 0) is 14.8 Å². The standard InChI is InChI=1S/C18H19ClN2O4S2/c1-12(22)13-4-2-6-15(10-13)20-18(23)14-5-3-9-21(11-14)27(24,25)17-8-7-16(19)26-17/h2,4,6-8,10,14H,3,5,9,11H2,1H3,(H,20,23). The van der Waals surface area contributed by atoms with E-state index in [1.54, 1.807) is 30.3 Å². The van der Waals surface area contributed by atoms with E-state index >= 15 is 0 Å². The van der Waals surface area contributed by atoms with Crippen LogP contribution in [0.4, 0.5) is 5.69 Å². The Bertz CT molecular complexity index is 971. The zero-order chi connectivity index (χ0) is 19.6. The molecule has 0 saturated carbocycles. The smallest absolute Gasteiger partial charge is 0.252 e. The molecule has 9 heteroatoms. The van der Waals surface area contributed by atoms with Crippen molar-refractivity contribution >= 4 is 50.3 Å². The van der Waals surface area contributed by atoms with E-state index in [4.69, 9.17) is 11.6 Å². The molecule has 1 atom stereocenters. The summed E-state index contributed by atoms with van der Waals surface area (Å²) in [5.41, 5.74) is 1.04. The number of hydrogen-bond donors (Lipinski definition) is 1. The predicted octanol–water partition coefficient (Wildman–Crippen LogP) is 3.64. The summed E-state index contributed by atoms with van der Waals surface area (Å²) in [4.78, 5) is 24.1. The van der Waals surface area contributed by atoms with Gasteiger partial charge in [0.05, 0.1) is 10.3 Å². The SMILES string of the molecule is CC(=O)c1cccc(NC(=O)C2CCCN(S(=O)(=O)c3ccc(Cl)s3)C2)c1. The highest BCUT2D eigenvalue weighted by Crippen LogP contribution is 2.31. The van der Waals surface area contributed by atoms with Crippen LogP contribution < -0.4 is 5.32 Å². The van der Waals surface area contributed by atoms with E-state index in [2.05, 4.69) is 5.32 Å². The molecule has 2 aromatic rings. The summed E-state index contributed by atoms with van der Waals surface area (Å²) in [5, 5.41) is 2.79. The zero-order valence-corrected chi connectivity index (χ0v) is 17.0. The Labute approximate surface area is 167 Å². The van der Waals surface area contributed by atoms with Crippen molar-refractivity contribution in [2.24, 2.45) is 5.92 Å². The Morgan fingerprint density at radius 1 is 1.26 bits per heavy atom. The maximum Gasteiger partial charge on any atom is 0.252 e. The van der Waals surface area contributed by atoms with Gasteiger partial charge in [0.1, 0.15) is 4.21 Å². The second kappa shape index (κ2) is 8.10. The van der Waals surface area contributed by atoms with E-state index in [0.717, 1.165) is 11.3 Å². The first kappa shape index (κ1) is 20.0. The zero-order valence-electron chi connectivity index (χ0n) is 14.6. The van der Waals surface area contributed by atoms with Crippen molar-refractivity contribution in [1.29, 1.82) is 0 Å². The summed E-state index contributed by atoms with van der Waals surface area (Å²) in [6, 6.07) is 9.73. The molecule has 0 spiro atoms. The van der Waals surface area contributed by atoms with Gasteiger partial charge >= 0.3 is 0 Å². The number of nitrogens with zero attached hydrogens (tertiary/aromatic N) is 1. The highest BCUT2D eigenvalue weighted by molar-refractivity contribution is 7.91. The van der Waals surface area contributed by atoms with Gasteiger partial charge in [-0.2, -0.15) is 4.31 Å². The van der Waals surface area contributed by atoms with Crippen LogP contribution in [0.3, 0.4) is 0 Å². The van der Waals surface area contributed by atoms with Crippen LogP contribution in [0.2, 0.25) is 4.34 Å². The fraction of sp³-hybridized carbons (Fsp3) is 0.333. The van der Waals surface area contributed by atoms with Gasteiger partial charge in [0.2, 0.25) is 5.91 Å². The van der Waals surface area contributed by atoms with Crippen molar-refractivity contribution in [2.75, 3.05) is 18.4 Å². The van der Waals surface area contributed by atoms with Gasteiger partial charge in [-0.1, -0.05) is 23.7 Å². The Morgan fingerprint density at radius 3 is 2.70 bits per heavy atom. The van der Waals surface area contributed by atoms with Gasteiger partial charge in [-0.05, 0) is 44.0 Å². The summed E-state index contributed by atoms with van der Waals surface area (Å²) in [6.45, 7) is 1.96. The van der Waals surface area contributed by atoms with Gasteiger partial charge < -0.3 is 5.32 Å². The van der Waals surface area contributed by atoms with E-state index in [0.29, 0.717) is 35.0 Å². The molecule has 6 nitrogen and oxygen atoms in total. The number of hydrogen-bond acceptors (Lipinski definition) is 5. The Kier molecular flexibility index (Phi) is 6.00. The number of thiophene rings is 1. The summed E-state index contributed by atoms with van der Waals surface area (Å²) in [7, 11) is -3.66. The van der Waals surface area contributed by atoms with Gasteiger partial charge in [0, 0.05) is 24.3 Å². The molecule has 144 valence electrons. The number of benzene rings is 1. The lowest BCUT2D eigenvalue weighted by molar-refractivity contribution is -0.120. The largest absolute Gasteiger partial charge is 0.326 e. The number of halogens is 1. The maximum absolute atomic E-state index is 12.8. The normalized spacial score (nSPS) is 18.2. The minimum atomic E-state index is -3.66. The Hall–Kier alpha value is -1.74. The van der Waals surface area contributed by atoms with E-state index in [9.17, 15) is 18.0 Å². The van der Waals surface area contributed by atoms with Gasteiger partial charge in [-0.15, -0.1) is 11.3 Å². The Morgan fingerprint density at radius 2 is 2.04 bits per heavy atom. The van der Waals surface area contributed by atoms with Crippen LogP contribution in [0.15, 0.2) is 40.6 Å². The molecule has 0 aliphatic carbocycles. The van der Waals surface area contributed by atoms with Crippen molar-refractivity contribution in [3.8, 4) is 0 Å². The fourth-order valence-electron chi connectivity index (χ4n) is 3.00. The number of nitrogens with one attached hydrogen (secondary N) is 1. The van der Waals surface area contributed by atoms with Crippen LogP contribution in [0, 0.1) is 5.92 Å². The number of carbonyl (C=O) groups is 2. The third-order valence-corrected chi connectivity index (χ3v) is 8.00. The van der Waals surface area contributed by atoms with Gasteiger partial charge in [-0.25, -0.2) is 8.42 Å². The lowest BCUT2D eigenvalue weighted by atomic mass is 9.98. The molecule has 1 aromatic heterocycles. The van der Waals surface area contributed by atoms with Crippen molar-refractivity contribution in [1.82, 2.24) is 4.31 Å². The van der Waals surface area contributed by atoms with Crippen molar-refractivity contribution < 1.29 is 18.0 Å². The maximum atomic E-state index is 12.8. The number of sulfonamides is 1. The van der Waals surface area contributed by atoms with E-state index in [1.165, 1.54) is 17.3 Å². The molecule has 27 heavy (non-hydrogen) atoms. The molecule has 1 unspecified atom stereocenters. The van der Waals surface area contributed by atoms with Crippen LogP contribution in [0.25, 0.3) is 0 Å². The van der Waals surface area contributed by atoms with Crippen LogP contribution in [-0.4, -0.2) is 37.5 Å². The summed E-state index contributed by atoms with van der Waals surface area (Å²) in [5.74, 6) is -0.791. The second-order valence-corrected chi connectivity index (χ2v) is 10.3. The molecule has 1 aromatic carbocycles. The average molecular weight is 427 g/mol. The number of ketones is 1. The molecule has 0 bridgehead atoms. The minimum Gasteiger partial charge on any atom is -0.326 e. The summed E-state index contributed by atoms with van der Waals surface area (Å²) < 4.78 is 27.4. The van der Waals surface area contributed by atoms with E-state index in [1.807, 2.05) is 0 Å². The third-order valence-electron chi connectivity index (χ3n) is 4.43. The van der Waals surface area contributed by atoms with Crippen molar-refractivity contribution in [3.63, 3.8) is 0 Å². The highest BCUT2D eigenvalue weighted by atomic mass is 35.5. The fourth-order valence-corrected chi connectivity index (χ4v) is 6.16. The molecule has 0 radical (unpaired) electrons. The molecular weight excluding hydrogens is 408 g/mol. The number of piperidine rings is 1. The first-order valence-electron chi connectivity index (χ1n) is 8.45. The third kappa shape index (κ3) is 4.57. The second-order valence-electron chi connectivity index (χ2n) is 6.39. The molecule has 1 saturated heterocycles. The quantitative estimate of drug-likeness (QED) is 0.739. The molecule has 3 rings (SSSR count). The number of rotatable bonds is 5. The highest BCUT2D eigenvalue weighted by Gasteiger charge is 2.34. The number of amides is 1. The summed E-state index contributed by atoms with van der Waals surface area (Å²) in [6.07, 6.45) is 1.21. The summed E-state index contributed by atoms with van der Waals surface area (Å²) >= 11 is 6.87.